The number of fused-ring (bicyclic) bond motifs is 2. The van der Waals surface area contributed by atoms with Gasteiger partial charge in [0.25, 0.3) is 11.8 Å². The van der Waals surface area contributed by atoms with E-state index in [1.54, 1.807) is 60.6 Å². The van der Waals surface area contributed by atoms with Gasteiger partial charge in [-0.3, -0.25) is 9.59 Å². The van der Waals surface area contributed by atoms with Crippen molar-refractivity contribution in [3.05, 3.63) is 71.9 Å². The van der Waals surface area contributed by atoms with E-state index >= 15 is 0 Å². The summed E-state index contributed by atoms with van der Waals surface area (Å²) in [5.41, 5.74) is 2.48. The summed E-state index contributed by atoms with van der Waals surface area (Å²) in [7, 11) is 1.73. The number of nitrogens with one attached hydrogen (secondary N) is 1. The second-order valence-electron chi connectivity index (χ2n) is 6.42. The quantitative estimate of drug-likeness (QED) is 0.693. The lowest BCUT2D eigenvalue weighted by molar-refractivity contribution is 0.0988. The molecule has 0 bridgehead atoms. The van der Waals surface area contributed by atoms with Crippen LogP contribution in [0, 0.1) is 0 Å². The van der Waals surface area contributed by atoms with Gasteiger partial charge in [0.15, 0.2) is 0 Å². The summed E-state index contributed by atoms with van der Waals surface area (Å²) in [6.07, 6.45) is 1.66. The molecule has 1 aliphatic heterocycles. The lowest BCUT2D eigenvalue weighted by Gasteiger charge is -2.17. The molecule has 29 heavy (non-hydrogen) atoms. The molecule has 4 rings (SSSR count). The van der Waals surface area contributed by atoms with Crippen LogP contribution in [-0.4, -0.2) is 30.5 Å². The molecule has 0 saturated heterocycles. The Balaban J connectivity index is 1.60. The number of ether oxygens (including phenoxy) is 1. The molecule has 0 atom stereocenters. The van der Waals surface area contributed by atoms with Crippen LogP contribution in [0.3, 0.4) is 0 Å². The van der Waals surface area contributed by atoms with Gasteiger partial charge in [-0.15, -0.1) is 0 Å². The van der Waals surface area contributed by atoms with Crippen molar-refractivity contribution < 1.29 is 14.3 Å². The SMILES string of the molecule is CCOc1ccc(NC(=O)c2ccc3c(c2)Sc2ncccc2C(=O)N3C)cc1. The molecule has 0 fully saturated rings. The molecule has 0 saturated carbocycles. The van der Waals surface area contributed by atoms with Crippen molar-refractivity contribution in [2.75, 3.05) is 23.9 Å². The first-order chi connectivity index (χ1) is 14.1. The fourth-order valence-electron chi connectivity index (χ4n) is 3.05. The molecule has 7 heteroatoms. The van der Waals surface area contributed by atoms with E-state index in [9.17, 15) is 9.59 Å². The predicted molar refractivity (Wildman–Crippen MR) is 113 cm³/mol. The number of carbonyl (C=O) groups is 2. The summed E-state index contributed by atoms with van der Waals surface area (Å²) in [6, 6.07) is 16.0. The molecule has 0 radical (unpaired) electrons. The second kappa shape index (κ2) is 7.97. The first kappa shape index (κ1) is 19.0. The predicted octanol–water partition coefficient (Wildman–Crippen LogP) is 4.47. The van der Waals surface area contributed by atoms with E-state index in [-0.39, 0.29) is 11.8 Å². The van der Waals surface area contributed by atoms with Crippen molar-refractivity contribution in [2.45, 2.75) is 16.8 Å². The Morgan fingerprint density at radius 1 is 1.17 bits per heavy atom. The minimum Gasteiger partial charge on any atom is -0.494 e. The van der Waals surface area contributed by atoms with E-state index < -0.39 is 0 Å². The van der Waals surface area contributed by atoms with Crippen LogP contribution in [0.25, 0.3) is 0 Å². The molecular weight excluding hydrogens is 386 g/mol. The zero-order valence-electron chi connectivity index (χ0n) is 16.0. The van der Waals surface area contributed by atoms with Crippen LogP contribution in [0.4, 0.5) is 11.4 Å². The first-order valence-corrected chi connectivity index (χ1v) is 9.97. The molecule has 146 valence electrons. The summed E-state index contributed by atoms with van der Waals surface area (Å²) in [5.74, 6) is 0.411. The largest absolute Gasteiger partial charge is 0.494 e. The number of hydrogen-bond acceptors (Lipinski definition) is 5. The van der Waals surface area contributed by atoms with E-state index in [0.717, 1.165) is 16.3 Å². The molecule has 2 amide bonds. The van der Waals surface area contributed by atoms with Crippen LogP contribution in [0.2, 0.25) is 0 Å². The maximum absolute atomic E-state index is 12.7. The molecule has 6 nitrogen and oxygen atoms in total. The van der Waals surface area contributed by atoms with Gasteiger partial charge in [-0.05, 0) is 61.5 Å². The highest BCUT2D eigenvalue weighted by atomic mass is 32.2. The summed E-state index contributed by atoms with van der Waals surface area (Å²) >= 11 is 1.39. The lowest BCUT2D eigenvalue weighted by atomic mass is 10.1. The maximum Gasteiger partial charge on any atom is 0.260 e. The second-order valence-corrected chi connectivity index (χ2v) is 7.45. The van der Waals surface area contributed by atoms with Crippen molar-refractivity contribution in [1.82, 2.24) is 4.98 Å². The molecule has 3 aromatic rings. The van der Waals surface area contributed by atoms with E-state index in [2.05, 4.69) is 10.3 Å². The number of hydrogen-bond donors (Lipinski definition) is 1. The Kier molecular flexibility index (Phi) is 5.22. The summed E-state index contributed by atoms with van der Waals surface area (Å²) < 4.78 is 5.42. The number of amides is 2. The van der Waals surface area contributed by atoms with E-state index in [1.807, 2.05) is 19.1 Å². The van der Waals surface area contributed by atoms with Gasteiger partial charge in [-0.1, -0.05) is 11.8 Å². The average molecular weight is 405 g/mol. The van der Waals surface area contributed by atoms with Gasteiger partial charge >= 0.3 is 0 Å². The highest BCUT2D eigenvalue weighted by Gasteiger charge is 2.26. The molecule has 0 spiro atoms. The minimum absolute atomic E-state index is 0.120. The summed E-state index contributed by atoms with van der Waals surface area (Å²) in [4.78, 5) is 32.2. The highest BCUT2D eigenvalue weighted by Crippen LogP contribution is 2.40. The molecule has 1 aliphatic rings. The molecule has 2 aromatic carbocycles. The standard InChI is InChI=1S/C22H19N3O3S/c1-3-28-16-9-7-15(8-10-16)24-20(26)14-6-11-18-19(13-14)29-21-17(5-4-12-23-21)22(27)25(18)2/h4-13H,3H2,1-2H3,(H,24,26). The van der Waals surface area contributed by atoms with Gasteiger partial charge in [0.05, 0.1) is 17.9 Å². The van der Waals surface area contributed by atoms with Crippen molar-refractivity contribution >= 4 is 35.0 Å². The van der Waals surface area contributed by atoms with Crippen LogP contribution in [0.1, 0.15) is 27.6 Å². The van der Waals surface area contributed by atoms with Crippen LogP contribution >= 0.6 is 11.8 Å². The highest BCUT2D eigenvalue weighted by molar-refractivity contribution is 7.99. The van der Waals surface area contributed by atoms with Crippen molar-refractivity contribution in [2.24, 2.45) is 0 Å². The maximum atomic E-state index is 12.7. The molecule has 2 heterocycles. The van der Waals surface area contributed by atoms with E-state index in [1.165, 1.54) is 11.8 Å². The van der Waals surface area contributed by atoms with E-state index in [4.69, 9.17) is 4.74 Å². The van der Waals surface area contributed by atoms with E-state index in [0.29, 0.717) is 28.4 Å². The van der Waals surface area contributed by atoms with Gasteiger partial charge in [-0.25, -0.2) is 4.98 Å². The lowest BCUT2D eigenvalue weighted by Crippen LogP contribution is -2.26. The fraction of sp³-hybridized carbons (Fsp3) is 0.136. The molecular formula is C22H19N3O3S. The van der Waals surface area contributed by atoms with Crippen LogP contribution in [0.5, 0.6) is 5.75 Å². The summed E-state index contributed by atoms with van der Waals surface area (Å²) in [6.45, 7) is 2.51. The van der Waals surface area contributed by atoms with Gasteiger partial charge in [0.1, 0.15) is 10.8 Å². The number of nitrogens with zero attached hydrogens (tertiary/aromatic N) is 2. The zero-order chi connectivity index (χ0) is 20.4. The summed E-state index contributed by atoms with van der Waals surface area (Å²) in [5, 5.41) is 3.52. The third-order valence-corrected chi connectivity index (χ3v) is 5.58. The monoisotopic (exact) mass is 405 g/mol. The normalized spacial score (nSPS) is 12.6. The number of pyridine rings is 1. The molecule has 1 aromatic heterocycles. The number of anilines is 2. The van der Waals surface area contributed by atoms with Crippen molar-refractivity contribution in [1.29, 1.82) is 0 Å². The smallest absolute Gasteiger partial charge is 0.260 e. The zero-order valence-corrected chi connectivity index (χ0v) is 16.8. The van der Waals surface area contributed by atoms with Gasteiger partial charge in [-0.2, -0.15) is 0 Å². The van der Waals surface area contributed by atoms with Crippen LogP contribution in [0.15, 0.2) is 70.7 Å². The van der Waals surface area contributed by atoms with Crippen molar-refractivity contribution in [3.63, 3.8) is 0 Å². The Bertz CT molecular complexity index is 1080. The topological polar surface area (TPSA) is 71.5 Å². The van der Waals surface area contributed by atoms with Crippen molar-refractivity contribution in [3.8, 4) is 5.75 Å². The molecule has 0 aliphatic carbocycles. The third kappa shape index (κ3) is 3.82. The Morgan fingerprint density at radius 3 is 2.72 bits per heavy atom. The molecule has 1 N–H and O–H groups in total. The van der Waals surface area contributed by atoms with Gasteiger partial charge in [0.2, 0.25) is 0 Å². The first-order valence-electron chi connectivity index (χ1n) is 9.16. The Hall–Kier alpha value is -3.32. The number of carbonyl (C=O) groups excluding carboxylic acids is 2. The third-order valence-electron chi connectivity index (χ3n) is 4.52. The number of benzene rings is 2. The Morgan fingerprint density at radius 2 is 1.97 bits per heavy atom. The van der Waals surface area contributed by atoms with Gasteiger partial charge in [0, 0.05) is 29.4 Å². The van der Waals surface area contributed by atoms with Crippen LogP contribution < -0.4 is 15.0 Å². The minimum atomic E-state index is -0.225. The number of aromatic nitrogens is 1. The fourth-order valence-corrected chi connectivity index (χ4v) is 4.13. The Labute approximate surface area is 172 Å². The van der Waals surface area contributed by atoms with Crippen LogP contribution in [-0.2, 0) is 0 Å². The molecule has 0 unspecified atom stereocenters. The van der Waals surface area contributed by atoms with Gasteiger partial charge < -0.3 is 15.0 Å². The average Bonchev–Trinajstić information content (AvgIpc) is 2.84. The number of rotatable bonds is 4.